The van der Waals surface area contributed by atoms with E-state index in [4.69, 9.17) is 19.5 Å². The second-order valence-electron chi connectivity index (χ2n) is 4.30. The Morgan fingerprint density at radius 3 is 2.62 bits per heavy atom. The molecule has 16 heavy (non-hydrogen) atoms. The molecule has 1 aromatic rings. The van der Waals surface area contributed by atoms with Crippen molar-refractivity contribution in [1.82, 2.24) is 9.78 Å². The highest BCUT2D eigenvalue weighted by molar-refractivity contribution is 6.58. The lowest BCUT2D eigenvalue weighted by Crippen LogP contribution is -2.46. The Bertz CT molecular complexity index is 381. The third kappa shape index (κ3) is 1.56. The number of hydrogen-bond donors (Lipinski definition) is 2. The zero-order valence-corrected chi connectivity index (χ0v) is 8.74. The maximum atomic E-state index is 8.97. The van der Waals surface area contributed by atoms with Crippen molar-refractivity contribution in [3.63, 3.8) is 0 Å². The summed E-state index contributed by atoms with van der Waals surface area (Å²) in [6.07, 6.45) is 4.66. The molecule has 3 rings (SSSR count). The molecule has 1 saturated heterocycles. The van der Waals surface area contributed by atoms with Gasteiger partial charge in [0.05, 0.1) is 19.3 Å². The molecule has 2 fully saturated rings. The summed E-state index contributed by atoms with van der Waals surface area (Å²) in [5, 5.41) is 22.0. The Morgan fingerprint density at radius 1 is 1.38 bits per heavy atom. The van der Waals surface area contributed by atoms with Crippen molar-refractivity contribution in [3.8, 4) is 0 Å². The fourth-order valence-corrected chi connectivity index (χ4v) is 2.26. The molecule has 2 aliphatic rings. The molecule has 0 aromatic carbocycles. The topological polar surface area (TPSA) is 76.7 Å². The quantitative estimate of drug-likeness (QED) is 0.607. The summed E-state index contributed by atoms with van der Waals surface area (Å²) in [7, 11) is -1.46. The smallest absolute Gasteiger partial charge is 0.423 e. The van der Waals surface area contributed by atoms with Crippen LogP contribution in [0.1, 0.15) is 18.9 Å². The molecule has 1 aliphatic carbocycles. The van der Waals surface area contributed by atoms with E-state index >= 15 is 0 Å². The van der Waals surface area contributed by atoms with E-state index in [-0.39, 0.29) is 6.04 Å². The van der Waals surface area contributed by atoms with E-state index < -0.39 is 12.9 Å². The molecule has 0 atom stereocenters. The van der Waals surface area contributed by atoms with Crippen molar-refractivity contribution < 1.29 is 19.5 Å². The summed E-state index contributed by atoms with van der Waals surface area (Å²) in [5.74, 6) is -0.394. The Hall–Kier alpha value is -0.885. The third-order valence-corrected chi connectivity index (χ3v) is 3.20. The SMILES string of the molecule is OB(O)c1cnn(C2CC3(C2)OCCO3)c1. The van der Waals surface area contributed by atoms with E-state index in [2.05, 4.69) is 5.10 Å². The highest BCUT2D eigenvalue weighted by Crippen LogP contribution is 2.46. The van der Waals surface area contributed by atoms with Gasteiger partial charge in [-0.05, 0) is 0 Å². The number of nitrogens with zero attached hydrogens (tertiary/aromatic N) is 2. The Kier molecular flexibility index (Phi) is 2.29. The van der Waals surface area contributed by atoms with Crippen LogP contribution >= 0.6 is 0 Å². The first kappa shape index (κ1) is 10.3. The van der Waals surface area contributed by atoms with Crippen LogP contribution in [0, 0.1) is 0 Å². The van der Waals surface area contributed by atoms with E-state index in [1.165, 1.54) is 6.20 Å². The summed E-state index contributed by atoms with van der Waals surface area (Å²) >= 11 is 0. The average molecular weight is 224 g/mol. The molecular formula is C9H13BN2O4. The Morgan fingerprint density at radius 2 is 2.06 bits per heavy atom. The van der Waals surface area contributed by atoms with Gasteiger partial charge in [0.2, 0.25) is 0 Å². The van der Waals surface area contributed by atoms with Crippen molar-refractivity contribution in [2.24, 2.45) is 0 Å². The van der Waals surface area contributed by atoms with Gasteiger partial charge in [-0.1, -0.05) is 0 Å². The van der Waals surface area contributed by atoms with Gasteiger partial charge in [0, 0.05) is 30.7 Å². The van der Waals surface area contributed by atoms with Crippen LogP contribution in [0.3, 0.4) is 0 Å². The van der Waals surface area contributed by atoms with Crippen LogP contribution in [-0.2, 0) is 9.47 Å². The highest BCUT2D eigenvalue weighted by atomic mass is 16.7. The van der Waals surface area contributed by atoms with E-state index in [0.29, 0.717) is 18.7 Å². The fourth-order valence-electron chi connectivity index (χ4n) is 2.26. The minimum absolute atomic E-state index is 0.227. The largest absolute Gasteiger partial charge is 0.491 e. The monoisotopic (exact) mass is 224 g/mol. The molecule has 1 spiro atoms. The zero-order valence-electron chi connectivity index (χ0n) is 8.74. The van der Waals surface area contributed by atoms with Gasteiger partial charge in [0.15, 0.2) is 5.79 Å². The van der Waals surface area contributed by atoms with Crippen molar-refractivity contribution in [2.75, 3.05) is 13.2 Å². The maximum Gasteiger partial charge on any atom is 0.491 e. The minimum atomic E-state index is -1.46. The first-order valence-electron chi connectivity index (χ1n) is 5.37. The molecule has 0 unspecified atom stereocenters. The Labute approximate surface area is 92.9 Å². The molecule has 7 heteroatoms. The lowest BCUT2D eigenvalue weighted by molar-refractivity contribution is -0.227. The predicted octanol–water partition coefficient (Wildman–Crippen LogP) is -1.36. The van der Waals surface area contributed by atoms with Crippen molar-refractivity contribution >= 4 is 12.6 Å². The summed E-state index contributed by atoms with van der Waals surface area (Å²) < 4.78 is 12.8. The van der Waals surface area contributed by atoms with Crippen LogP contribution in [-0.4, -0.2) is 45.9 Å². The molecule has 86 valence electrons. The van der Waals surface area contributed by atoms with Crippen molar-refractivity contribution in [3.05, 3.63) is 12.4 Å². The molecule has 2 N–H and O–H groups in total. The molecule has 2 heterocycles. The second kappa shape index (κ2) is 3.56. The molecular weight excluding hydrogens is 211 g/mol. The van der Waals surface area contributed by atoms with Crippen LogP contribution < -0.4 is 5.46 Å². The van der Waals surface area contributed by atoms with Crippen LogP contribution in [0.2, 0.25) is 0 Å². The van der Waals surface area contributed by atoms with Gasteiger partial charge in [-0.25, -0.2) is 0 Å². The van der Waals surface area contributed by atoms with Gasteiger partial charge in [-0.15, -0.1) is 0 Å². The van der Waals surface area contributed by atoms with Gasteiger partial charge < -0.3 is 19.5 Å². The molecule has 0 amide bonds. The lowest BCUT2D eigenvalue weighted by atomic mass is 9.82. The molecule has 1 aliphatic heterocycles. The van der Waals surface area contributed by atoms with Crippen LogP contribution in [0.5, 0.6) is 0 Å². The van der Waals surface area contributed by atoms with Gasteiger partial charge in [0.1, 0.15) is 0 Å². The van der Waals surface area contributed by atoms with Crippen LogP contribution in [0.4, 0.5) is 0 Å². The number of rotatable bonds is 2. The lowest BCUT2D eigenvalue weighted by Gasteiger charge is -2.42. The van der Waals surface area contributed by atoms with Gasteiger partial charge in [0.25, 0.3) is 0 Å². The standard InChI is InChI=1S/C9H13BN2O4/c13-10(14)7-5-11-12(6-7)8-3-9(4-8)15-1-2-16-9/h5-6,8,13-14H,1-4H2. The average Bonchev–Trinajstić information content (AvgIpc) is 2.84. The predicted molar refractivity (Wildman–Crippen MR) is 55.0 cm³/mol. The maximum absolute atomic E-state index is 8.97. The summed E-state index contributed by atoms with van der Waals surface area (Å²) in [5.41, 5.74) is 0.411. The first-order valence-corrected chi connectivity index (χ1v) is 5.37. The van der Waals surface area contributed by atoms with Gasteiger partial charge in [-0.3, -0.25) is 4.68 Å². The van der Waals surface area contributed by atoms with Crippen molar-refractivity contribution in [1.29, 1.82) is 0 Å². The van der Waals surface area contributed by atoms with Crippen molar-refractivity contribution in [2.45, 2.75) is 24.7 Å². The van der Waals surface area contributed by atoms with E-state index in [9.17, 15) is 0 Å². The number of ether oxygens (including phenoxy) is 2. The van der Waals surface area contributed by atoms with Crippen LogP contribution in [0.25, 0.3) is 0 Å². The summed E-state index contributed by atoms with van der Waals surface area (Å²) in [6.45, 7) is 1.32. The number of aromatic nitrogens is 2. The van der Waals surface area contributed by atoms with Crippen LogP contribution in [0.15, 0.2) is 12.4 Å². The molecule has 0 bridgehead atoms. The Balaban J connectivity index is 1.66. The van der Waals surface area contributed by atoms with E-state index in [1.54, 1.807) is 10.9 Å². The normalized spacial score (nSPS) is 23.6. The van der Waals surface area contributed by atoms with E-state index in [1.807, 2.05) is 0 Å². The summed E-state index contributed by atoms with van der Waals surface area (Å²) in [4.78, 5) is 0. The third-order valence-electron chi connectivity index (χ3n) is 3.20. The minimum Gasteiger partial charge on any atom is -0.423 e. The molecule has 0 radical (unpaired) electrons. The van der Waals surface area contributed by atoms with Gasteiger partial charge >= 0.3 is 7.12 Å². The second-order valence-corrected chi connectivity index (χ2v) is 4.30. The molecule has 1 saturated carbocycles. The number of hydrogen-bond acceptors (Lipinski definition) is 5. The molecule has 6 nitrogen and oxygen atoms in total. The zero-order chi connectivity index (χ0) is 11.2. The molecule has 1 aromatic heterocycles. The highest BCUT2D eigenvalue weighted by Gasteiger charge is 2.50. The first-order chi connectivity index (χ1) is 7.69. The van der Waals surface area contributed by atoms with Gasteiger partial charge in [-0.2, -0.15) is 5.10 Å². The van der Waals surface area contributed by atoms with E-state index in [0.717, 1.165) is 12.8 Å². The summed E-state index contributed by atoms with van der Waals surface area (Å²) in [6, 6.07) is 0.227. The fraction of sp³-hybridized carbons (Fsp3) is 0.667.